The molecule has 6 nitrogen and oxygen atoms in total. The quantitative estimate of drug-likeness (QED) is 0.206. The summed E-state index contributed by atoms with van der Waals surface area (Å²) in [6.07, 6.45) is 0. The average Bonchev–Trinajstić information content (AvgIpc) is 2.70. The summed E-state index contributed by atoms with van der Waals surface area (Å²) in [7, 11) is 0. The molecular weight excluding hydrogens is 360 g/mol. The Morgan fingerprint density at radius 3 is 2.50 bits per heavy atom. The molecule has 0 amide bonds. The van der Waals surface area contributed by atoms with E-state index in [0.29, 0.717) is 27.9 Å². The molecule has 3 rings (SSSR count). The molecule has 0 spiro atoms. The number of fused-ring (bicyclic) bond motifs is 1. The van der Waals surface area contributed by atoms with Gasteiger partial charge in [-0.15, -0.1) is 0 Å². The second kappa shape index (κ2) is 8.35. The lowest BCUT2D eigenvalue weighted by molar-refractivity contribution is -0.139. The molecule has 6 heteroatoms. The molecule has 0 bridgehead atoms. The smallest absolute Gasteiger partial charge is 0.347 e. The molecule has 0 fully saturated rings. The van der Waals surface area contributed by atoms with Crippen molar-refractivity contribution in [3.63, 3.8) is 0 Å². The highest BCUT2D eigenvalue weighted by Gasteiger charge is 2.16. The van der Waals surface area contributed by atoms with Crippen LogP contribution in [0.3, 0.4) is 0 Å². The lowest BCUT2D eigenvalue weighted by atomic mass is 10.0. The maximum atomic E-state index is 12.5. The molecule has 2 aromatic carbocycles. The largest absolute Gasteiger partial charge is 0.490 e. The van der Waals surface area contributed by atoms with Gasteiger partial charge in [0.25, 0.3) is 0 Å². The Balaban J connectivity index is 1.75. The van der Waals surface area contributed by atoms with Gasteiger partial charge in [0.1, 0.15) is 30.1 Å². The van der Waals surface area contributed by atoms with Gasteiger partial charge in [0.05, 0.1) is 0 Å². The van der Waals surface area contributed by atoms with Crippen molar-refractivity contribution >= 4 is 22.7 Å². The standard InChI is InChI=1S/C22H18O6/c1-14(2)21(24)27-11-10-26-17-9-8-16-12-18(22(25)28-19(16)13-17)20(23)15-6-4-3-5-7-15/h3-9,12-13H,1,10-11H2,2H3. The minimum absolute atomic E-state index is 0.0286. The van der Waals surface area contributed by atoms with Crippen LogP contribution in [0.25, 0.3) is 11.0 Å². The molecule has 142 valence electrons. The van der Waals surface area contributed by atoms with Crippen LogP contribution < -0.4 is 10.4 Å². The second-order valence-electron chi connectivity index (χ2n) is 6.11. The third kappa shape index (κ3) is 4.35. The number of benzene rings is 2. The summed E-state index contributed by atoms with van der Waals surface area (Å²) in [4.78, 5) is 36.1. The van der Waals surface area contributed by atoms with Crippen LogP contribution in [0.5, 0.6) is 5.75 Å². The van der Waals surface area contributed by atoms with Gasteiger partial charge in [-0.3, -0.25) is 4.79 Å². The molecule has 0 N–H and O–H groups in total. The third-order valence-corrected chi connectivity index (χ3v) is 3.92. The Hall–Kier alpha value is -3.67. The van der Waals surface area contributed by atoms with Gasteiger partial charge in [0.15, 0.2) is 5.78 Å². The van der Waals surface area contributed by atoms with Crippen LogP contribution in [-0.4, -0.2) is 25.0 Å². The minimum atomic E-state index is -0.714. The van der Waals surface area contributed by atoms with Gasteiger partial charge in [-0.2, -0.15) is 0 Å². The monoisotopic (exact) mass is 378 g/mol. The summed E-state index contributed by atoms with van der Waals surface area (Å²) in [5, 5.41) is 0.597. The first kappa shape index (κ1) is 19.1. The zero-order valence-corrected chi connectivity index (χ0v) is 15.3. The molecule has 0 unspecified atom stereocenters. The molecular formula is C22H18O6. The van der Waals surface area contributed by atoms with Gasteiger partial charge >= 0.3 is 11.6 Å². The third-order valence-electron chi connectivity index (χ3n) is 3.92. The van der Waals surface area contributed by atoms with Gasteiger partial charge in [-0.05, 0) is 25.1 Å². The summed E-state index contributed by atoms with van der Waals surface area (Å²) >= 11 is 0. The minimum Gasteiger partial charge on any atom is -0.490 e. The van der Waals surface area contributed by atoms with Crippen molar-refractivity contribution < 1.29 is 23.5 Å². The van der Waals surface area contributed by atoms with Gasteiger partial charge in [-0.1, -0.05) is 36.9 Å². The number of hydrogen-bond acceptors (Lipinski definition) is 6. The molecule has 1 aromatic heterocycles. The Kier molecular flexibility index (Phi) is 5.69. The number of carbonyl (C=O) groups excluding carboxylic acids is 2. The van der Waals surface area contributed by atoms with Crippen LogP contribution in [0, 0.1) is 0 Å². The number of esters is 1. The summed E-state index contributed by atoms with van der Waals surface area (Å²) in [6, 6.07) is 15.0. The molecule has 1 heterocycles. The van der Waals surface area contributed by atoms with E-state index in [1.165, 1.54) is 6.07 Å². The van der Waals surface area contributed by atoms with E-state index in [1.807, 2.05) is 0 Å². The first-order valence-electron chi connectivity index (χ1n) is 8.59. The van der Waals surface area contributed by atoms with Gasteiger partial charge < -0.3 is 13.9 Å². The lowest BCUT2D eigenvalue weighted by Gasteiger charge is -2.08. The number of ether oxygens (including phenoxy) is 2. The Labute approximate surface area is 161 Å². The van der Waals surface area contributed by atoms with Crippen LogP contribution in [0.15, 0.2) is 76.0 Å². The van der Waals surface area contributed by atoms with Gasteiger partial charge in [0.2, 0.25) is 0 Å². The number of ketones is 1. The summed E-state index contributed by atoms with van der Waals surface area (Å²) < 4.78 is 15.7. The molecule has 0 aliphatic rings. The summed E-state index contributed by atoms with van der Waals surface area (Å²) in [5.41, 5.74) is 0.283. The summed E-state index contributed by atoms with van der Waals surface area (Å²) in [5.74, 6) is -0.427. The highest BCUT2D eigenvalue weighted by atomic mass is 16.6. The molecule has 28 heavy (non-hydrogen) atoms. The molecule has 0 radical (unpaired) electrons. The number of hydrogen-bond donors (Lipinski definition) is 0. The van der Waals surface area contributed by atoms with E-state index in [9.17, 15) is 14.4 Å². The van der Waals surface area contributed by atoms with Crippen LogP contribution in [0.1, 0.15) is 22.8 Å². The first-order valence-corrected chi connectivity index (χ1v) is 8.59. The van der Waals surface area contributed by atoms with E-state index < -0.39 is 17.4 Å². The van der Waals surface area contributed by atoms with E-state index >= 15 is 0 Å². The fourth-order valence-electron chi connectivity index (χ4n) is 2.50. The molecule has 0 saturated carbocycles. The Morgan fingerprint density at radius 2 is 1.79 bits per heavy atom. The Morgan fingerprint density at radius 1 is 1.04 bits per heavy atom. The second-order valence-corrected chi connectivity index (χ2v) is 6.11. The van der Waals surface area contributed by atoms with Crippen LogP contribution in [-0.2, 0) is 9.53 Å². The summed E-state index contributed by atoms with van der Waals surface area (Å²) in [6.45, 7) is 5.26. The van der Waals surface area contributed by atoms with E-state index in [2.05, 4.69) is 6.58 Å². The Bertz CT molecular complexity index is 1090. The highest BCUT2D eigenvalue weighted by Crippen LogP contribution is 2.21. The maximum Gasteiger partial charge on any atom is 0.347 e. The van der Waals surface area contributed by atoms with Crippen LogP contribution >= 0.6 is 0 Å². The SMILES string of the molecule is C=C(C)C(=O)OCCOc1ccc2cc(C(=O)c3ccccc3)c(=O)oc2c1. The first-order chi connectivity index (χ1) is 13.5. The molecule has 3 aromatic rings. The van der Waals surface area contributed by atoms with Gasteiger partial charge in [0, 0.05) is 22.6 Å². The molecule has 0 aliphatic heterocycles. The van der Waals surface area contributed by atoms with Crippen LogP contribution in [0.2, 0.25) is 0 Å². The number of carbonyl (C=O) groups is 2. The van der Waals surface area contributed by atoms with E-state index in [4.69, 9.17) is 13.9 Å². The fraction of sp³-hybridized carbons (Fsp3) is 0.136. The predicted molar refractivity (Wildman–Crippen MR) is 104 cm³/mol. The van der Waals surface area contributed by atoms with Crippen molar-refractivity contribution in [2.24, 2.45) is 0 Å². The highest BCUT2D eigenvalue weighted by molar-refractivity contribution is 6.09. The van der Waals surface area contributed by atoms with Crippen molar-refractivity contribution in [1.82, 2.24) is 0 Å². The van der Waals surface area contributed by atoms with Crippen molar-refractivity contribution in [3.05, 3.63) is 88.3 Å². The predicted octanol–water partition coefficient (Wildman–Crippen LogP) is 3.52. The van der Waals surface area contributed by atoms with E-state index in [1.54, 1.807) is 55.5 Å². The average molecular weight is 378 g/mol. The van der Waals surface area contributed by atoms with E-state index in [-0.39, 0.29) is 18.8 Å². The lowest BCUT2D eigenvalue weighted by Crippen LogP contribution is -2.14. The maximum absolute atomic E-state index is 12.5. The molecule has 0 atom stereocenters. The molecule has 0 aliphatic carbocycles. The van der Waals surface area contributed by atoms with E-state index in [0.717, 1.165) is 0 Å². The zero-order valence-electron chi connectivity index (χ0n) is 15.3. The van der Waals surface area contributed by atoms with Crippen molar-refractivity contribution in [2.45, 2.75) is 6.92 Å². The molecule has 0 saturated heterocycles. The number of rotatable bonds is 7. The van der Waals surface area contributed by atoms with Crippen molar-refractivity contribution in [2.75, 3.05) is 13.2 Å². The normalized spacial score (nSPS) is 10.5. The van der Waals surface area contributed by atoms with Gasteiger partial charge in [-0.25, -0.2) is 9.59 Å². The van der Waals surface area contributed by atoms with Crippen molar-refractivity contribution in [3.8, 4) is 5.75 Å². The fourth-order valence-corrected chi connectivity index (χ4v) is 2.50. The van der Waals surface area contributed by atoms with Crippen LogP contribution in [0.4, 0.5) is 0 Å². The topological polar surface area (TPSA) is 82.8 Å². The van der Waals surface area contributed by atoms with Crippen molar-refractivity contribution in [1.29, 1.82) is 0 Å². The zero-order chi connectivity index (χ0) is 20.1.